The molecule has 1 aliphatic heterocycles. The molecule has 1 fully saturated rings. The maximum atomic E-state index is 10.1. The molecular formula is C10H21NO. The Balaban J connectivity index is 2.40. The Bertz CT molecular complexity index is 126. The Morgan fingerprint density at radius 3 is 2.00 bits per heavy atom. The van der Waals surface area contributed by atoms with Crippen molar-refractivity contribution < 1.29 is 5.11 Å². The first kappa shape index (κ1) is 10.0. The molecule has 0 bridgehead atoms. The Hall–Kier alpha value is -0.0800. The highest BCUT2D eigenvalue weighted by Crippen LogP contribution is 2.29. The molecule has 0 atom stereocenters. The fourth-order valence-corrected chi connectivity index (χ4v) is 2.05. The second-order valence-electron chi connectivity index (χ2n) is 3.98. The first-order valence-electron chi connectivity index (χ1n) is 5.16. The van der Waals surface area contributed by atoms with Gasteiger partial charge >= 0.3 is 0 Å². The van der Waals surface area contributed by atoms with E-state index in [1.54, 1.807) is 0 Å². The van der Waals surface area contributed by atoms with Gasteiger partial charge in [-0.25, -0.2) is 0 Å². The molecule has 0 unspecified atom stereocenters. The molecule has 0 aromatic carbocycles. The number of β-amino-alcohol motifs (C(OH)–C–C–N with tert-alkyl or cyclic N) is 1. The molecule has 0 aromatic heterocycles. The lowest BCUT2D eigenvalue weighted by molar-refractivity contribution is -0.0675. The summed E-state index contributed by atoms with van der Waals surface area (Å²) in [5, 5.41) is 13.2. The molecule has 0 saturated carbocycles. The van der Waals surface area contributed by atoms with Crippen LogP contribution in [0.2, 0.25) is 0 Å². The van der Waals surface area contributed by atoms with Gasteiger partial charge in [-0.3, -0.25) is 0 Å². The Labute approximate surface area is 75.4 Å². The van der Waals surface area contributed by atoms with Gasteiger partial charge in [0.15, 0.2) is 0 Å². The summed E-state index contributed by atoms with van der Waals surface area (Å²) in [5.41, 5.74) is -0.369. The van der Waals surface area contributed by atoms with Crippen molar-refractivity contribution >= 4 is 0 Å². The maximum Gasteiger partial charge on any atom is 0.0923 e. The van der Waals surface area contributed by atoms with E-state index in [0.29, 0.717) is 5.92 Å². The molecule has 1 rings (SSSR count). The zero-order valence-electron chi connectivity index (χ0n) is 8.27. The molecule has 0 radical (unpaired) electrons. The van der Waals surface area contributed by atoms with Crippen molar-refractivity contribution in [3.63, 3.8) is 0 Å². The van der Waals surface area contributed by atoms with Crippen molar-refractivity contribution in [2.75, 3.05) is 13.1 Å². The third-order valence-corrected chi connectivity index (χ3v) is 2.90. The summed E-state index contributed by atoms with van der Waals surface area (Å²) in [4.78, 5) is 0. The van der Waals surface area contributed by atoms with E-state index in [1.165, 1.54) is 25.7 Å². The predicted octanol–water partition coefficient (Wildman–Crippen LogP) is 1.54. The van der Waals surface area contributed by atoms with Crippen LogP contribution in [0.3, 0.4) is 0 Å². The van der Waals surface area contributed by atoms with Gasteiger partial charge < -0.3 is 10.4 Å². The van der Waals surface area contributed by atoms with E-state index in [9.17, 15) is 5.11 Å². The lowest BCUT2D eigenvalue weighted by Gasteiger charge is -2.44. The van der Waals surface area contributed by atoms with Crippen molar-refractivity contribution in [3.8, 4) is 0 Å². The summed E-state index contributed by atoms with van der Waals surface area (Å²) in [6.07, 6.45) is 4.72. The summed E-state index contributed by atoms with van der Waals surface area (Å²) in [6.45, 7) is 5.99. The van der Waals surface area contributed by atoms with Gasteiger partial charge in [0, 0.05) is 13.1 Å². The normalized spacial score (nSPS) is 21.0. The molecule has 0 aromatic rings. The van der Waals surface area contributed by atoms with Crippen LogP contribution in [0.5, 0.6) is 0 Å². The summed E-state index contributed by atoms with van der Waals surface area (Å²) in [5.74, 6) is 0.522. The molecule has 2 N–H and O–H groups in total. The van der Waals surface area contributed by atoms with Crippen molar-refractivity contribution in [3.05, 3.63) is 0 Å². The van der Waals surface area contributed by atoms with E-state index < -0.39 is 0 Å². The van der Waals surface area contributed by atoms with E-state index >= 15 is 0 Å². The van der Waals surface area contributed by atoms with E-state index in [4.69, 9.17) is 0 Å². The zero-order chi connectivity index (χ0) is 9.03. The van der Waals surface area contributed by atoms with Crippen LogP contribution in [0.4, 0.5) is 0 Å². The summed E-state index contributed by atoms with van der Waals surface area (Å²) < 4.78 is 0. The highest BCUT2D eigenvalue weighted by atomic mass is 16.3. The quantitative estimate of drug-likeness (QED) is 0.657. The van der Waals surface area contributed by atoms with E-state index in [-0.39, 0.29) is 5.60 Å². The Morgan fingerprint density at radius 1 is 1.25 bits per heavy atom. The highest BCUT2D eigenvalue weighted by molar-refractivity contribution is 4.97. The van der Waals surface area contributed by atoms with Crippen molar-refractivity contribution in [2.45, 2.75) is 45.1 Å². The van der Waals surface area contributed by atoms with E-state index in [2.05, 4.69) is 19.2 Å². The predicted molar refractivity (Wildman–Crippen MR) is 51.1 cm³/mol. The molecular weight excluding hydrogens is 150 g/mol. The third kappa shape index (κ3) is 1.99. The second kappa shape index (κ2) is 4.24. The number of hydrogen-bond donors (Lipinski definition) is 2. The van der Waals surface area contributed by atoms with Crippen LogP contribution in [-0.4, -0.2) is 23.8 Å². The monoisotopic (exact) mass is 171 g/mol. The van der Waals surface area contributed by atoms with Crippen LogP contribution in [0, 0.1) is 5.92 Å². The van der Waals surface area contributed by atoms with Crippen molar-refractivity contribution in [1.29, 1.82) is 0 Å². The van der Waals surface area contributed by atoms with Gasteiger partial charge in [-0.15, -0.1) is 0 Å². The molecule has 72 valence electrons. The average Bonchev–Trinajstić information content (AvgIpc) is 2.00. The molecule has 1 aliphatic rings. The third-order valence-electron chi connectivity index (χ3n) is 2.90. The van der Waals surface area contributed by atoms with Gasteiger partial charge in [0.05, 0.1) is 5.60 Å². The molecule has 12 heavy (non-hydrogen) atoms. The second-order valence-corrected chi connectivity index (χ2v) is 3.98. The molecule has 0 aliphatic carbocycles. The lowest BCUT2D eigenvalue weighted by atomic mass is 9.77. The molecule has 1 heterocycles. The minimum Gasteiger partial charge on any atom is -0.387 e. The number of hydrogen-bond acceptors (Lipinski definition) is 2. The van der Waals surface area contributed by atoms with Gasteiger partial charge in [-0.1, -0.05) is 26.7 Å². The molecule has 0 amide bonds. The van der Waals surface area contributed by atoms with Crippen molar-refractivity contribution in [1.82, 2.24) is 5.32 Å². The van der Waals surface area contributed by atoms with E-state index in [0.717, 1.165) is 13.1 Å². The van der Waals surface area contributed by atoms with Crippen LogP contribution in [0.25, 0.3) is 0 Å². The summed E-state index contributed by atoms with van der Waals surface area (Å²) >= 11 is 0. The SMILES string of the molecule is CCCC(CCC)C1(O)CNC1. The zero-order valence-corrected chi connectivity index (χ0v) is 8.27. The van der Waals surface area contributed by atoms with Gasteiger partial charge in [0.2, 0.25) is 0 Å². The molecule has 1 saturated heterocycles. The smallest absolute Gasteiger partial charge is 0.0923 e. The summed E-state index contributed by atoms with van der Waals surface area (Å²) in [6, 6.07) is 0. The fraction of sp³-hybridized carbons (Fsp3) is 1.00. The summed E-state index contributed by atoms with van der Waals surface area (Å²) in [7, 11) is 0. The Morgan fingerprint density at radius 2 is 1.75 bits per heavy atom. The fourth-order valence-electron chi connectivity index (χ4n) is 2.05. The van der Waals surface area contributed by atoms with Gasteiger partial charge in [-0.2, -0.15) is 0 Å². The number of aliphatic hydroxyl groups is 1. The lowest BCUT2D eigenvalue weighted by Crippen LogP contribution is -2.63. The largest absolute Gasteiger partial charge is 0.387 e. The molecule has 2 heteroatoms. The number of rotatable bonds is 5. The number of nitrogens with one attached hydrogen (secondary N) is 1. The molecule has 0 spiro atoms. The minimum atomic E-state index is -0.369. The van der Waals surface area contributed by atoms with Crippen LogP contribution >= 0.6 is 0 Å². The van der Waals surface area contributed by atoms with Gasteiger partial charge in [-0.05, 0) is 18.8 Å². The van der Waals surface area contributed by atoms with Crippen LogP contribution in [-0.2, 0) is 0 Å². The van der Waals surface area contributed by atoms with Gasteiger partial charge in [0.1, 0.15) is 0 Å². The Kier molecular flexibility index (Phi) is 3.53. The minimum absolute atomic E-state index is 0.369. The average molecular weight is 171 g/mol. The molecule has 2 nitrogen and oxygen atoms in total. The highest BCUT2D eigenvalue weighted by Gasteiger charge is 2.40. The topological polar surface area (TPSA) is 32.3 Å². The van der Waals surface area contributed by atoms with Gasteiger partial charge in [0.25, 0.3) is 0 Å². The van der Waals surface area contributed by atoms with Crippen LogP contribution < -0.4 is 5.32 Å². The van der Waals surface area contributed by atoms with Crippen molar-refractivity contribution in [2.24, 2.45) is 5.92 Å². The first-order valence-corrected chi connectivity index (χ1v) is 5.16. The van der Waals surface area contributed by atoms with E-state index in [1.807, 2.05) is 0 Å². The van der Waals surface area contributed by atoms with Crippen LogP contribution in [0.1, 0.15) is 39.5 Å². The maximum absolute atomic E-state index is 10.1. The van der Waals surface area contributed by atoms with Crippen LogP contribution in [0.15, 0.2) is 0 Å². The first-order chi connectivity index (χ1) is 5.73. The standard InChI is InChI=1S/C10H21NO/c1-3-5-9(6-4-2)10(12)7-11-8-10/h9,11-12H,3-8H2,1-2H3.